The van der Waals surface area contributed by atoms with Crippen molar-refractivity contribution in [3.05, 3.63) is 29.1 Å². The van der Waals surface area contributed by atoms with E-state index in [1.165, 1.54) is 0 Å². The third-order valence-corrected chi connectivity index (χ3v) is 1.97. The predicted octanol–water partition coefficient (Wildman–Crippen LogP) is 2.96. The van der Waals surface area contributed by atoms with Gasteiger partial charge in [-0.05, 0) is 24.0 Å². The number of phenolic OH excluding ortho intramolecular Hbond substituents is 1. The van der Waals surface area contributed by atoms with Crippen LogP contribution in [-0.2, 0) is 0 Å². The van der Waals surface area contributed by atoms with E-state index < -0.39 is 5.82 Å². The summed E-state index contributed by atoms with van der Waals surface area (Å²) in [5, 5.41) is 9.26. The first-order chi connectivity index (χ1) is 5.54. The molecule has 1 nitrogen and oxygen atoms in total. The molecule has 0 bridgehead atoms. The van der Waals surface area contributed by atoms with E-state index in [-0.39, 0.29) is 11.7 Å². The minimum atomic E-state index is -0.481. The van der Waals surface area contributed by atoms with Crippen LogP contribution in [0, 0.1) is 12.7 Å². The first-order valence-corrected chi connectivity index (χ1v) is 4.02. The number of aryl methyl sites for hydroxylation is 1. The fourth-order valence-corrected chi connectivity index (χ4v) is 1.12. The van der Waals surface area contributed by atoms with Crippen molar-refractivity contribution in [1.82, 2.24) is 0 Å². The molecule has 1 aromatic rings. The quantitative estimate of drug-likeness (QED) is 0.683. The zero-order chi connectivity index (χ0) is 9.30. The Morgan fingerprint density at radius 1 is 1.33 bits per heavy atom. The van der Waals surface area contributed by atoms with Crippen molar-refractivity contribution in [2.24, 2.45) is 0 Å². The Morgan fingerprint density at radius 3 is 2.42 bits per heavy atom. The number of rotatable bonds is 1. The molecule has 0 amide bonds. The Hall–Kier alpha value is -1.05. The Balaban J connectivity index is 3.27. The second-order valence-corrected chi connectivity index (χ2v) is 3.29. The second kappa shape index (κ2) is 3.13. The maximum Gasteiger partial charge on any atom is 0.168 e. The van der Waals surface area contributed by atoms with Crippen LogP contribution in [0.5, 0.6) is 5.75 Å². The largest absolute Gasteiger partial charge is 0.505 e. The molecule has 0 aliphatic heterocycles. The van der Waals surface area contributed by atoms with Gasteiger partial charge in [0.05, 0.1) is 0 Å². The molecule has 0 unspecified atom stereocenters. The lowest BCUT2D eigenvalue weighted by Gasteiger charge is -2.09. The molecule has 0 heterocycles. The van der Waals surface area contributed by atoms with Crippen LogP contribution in [-0.4, -0.2) is 5.11 Å². The summed E-state index contributed by atoms with van der Waals surface area (Å²) in [7, 11) is 0. The van der Waals surface area contributed by atoms with Crippen molar-refractivity contribution in [2.45, 2.75) is 26.7 Å². The maximum absolute atomic E-state index is 13.3. The van der Waals surface area contributed by atoms with Crippen molar-refractivity contribution in [3.63, 3.8) is 0 Å². The summed E-state index contributed by atoms with van der Waals surface area (Å²) in [6, 6.07) is 3.45. The van der Waals surface area contributed by atoms with Crippen molar-refractivity contribution in [1.29, 1.82) is 0 Å². The zero-order valence-corrected chi connectivity index (χ0v) is 7.56. The summed E-state index contributed by atoms with van der Waals surface area (Å²) >= 11 is 0. The molecule has 0 atom stereocenters. The van der Waals surface area contributed by atoms with E-state index in [0.29, 0.717) is 11.1 Å². The highest BCUT2D eigenvalue weighted by Gasteiger charge is 2.11. The van der Waals surface area contributed by atoms with Gasteiger partial charge in [-0.2, -0.15) is 0 Å². The van der Waals surface area contributed by atoms with Crippen LogP contribution in [0.4, 0.5) is 4.39 Å². The highest BCUT2D eigenvalue weighted by molar-refractivity contribution is 5.38. The monoisotopic (exact) mass is 168 g/mol. The Morgan fingerprint density at radius 2 is 1.92 bits per heavy atom. The van der Waals surface area contributed by atoms with E-state index in [2.05, 4.69) is 0 Å². The predicted molar refractivity (Wildman–Crippen MR) is 46.9 cm³/mol. The molecule has 2 heteroatoms. The fourth-order valence-electron chi connectivity index (χ4n) is 1.12. The molecular formula is C10H13FO. The van der Waals surface area contributed by atoms with Gasteiger partial charge < -0.3 is 5.11 Å². The molecule has 0 aromatic heterocycles. The van der Waals surface area contributed by atoms with Crippen molar-refractivity contribution < 1.29 is 9.50 Å². The summed E-state index contributed by atoms with van der Waals surface area (Å²) in [6.07, 6.45) is 0. The van der Waals surface area contributed by atoms with E-state index in [4.69, 9.17) is 0 Å². The van der Waals surface area contributed by atoms with Crippen LogP contribution in [0.15, 0.2) is 12.1 Å². The van der Waals surface area contributed by atoms with Gasteiger partial charge in [0.1, 0.15) is 0 Å². The zero-order valence-electron chi connectivity index (χ0n) is 7.56. The Labute approximate surface area is 71.9 Å². The molecule has 66 valence electrons. The van der Waals surface area contributed by atoms with Gasteiger partial charge >= 0.3 is 0 Å². The minimum absolute atomic E-state index is 0.108. The van der Waals surface area contributed by atoms with Crippen LogP contribution in [0.3, 0.4) is 0 Å². The SMILES string of the molecule is Cc1ccc(C(C)C)c(F)c1O. The van der Waals surface area contributed by atoms with Crippen LogP contribution >= 0.6 is 0 Å². The van der Waals surface area contributed by atoms with Gasteiger partial charge in [-0.1, -0.05) is 26.0 Å². The van der Waals surface area contributed by atoms with Crippen LogP contribution in [0.25, 0.3) is 0 Å². The number of phenols is 1. The molecular weight excluding hydrogens is 155 g/mol. The van der Waals surface area contributed by atoms with E-state index >= 15 is 0 Å². The van der Waals surface area contributed by atoms with Gasteiger partial charge in [0.25, 0.3) is 0 Å². The number of hydrogen-bond acceptors (Lipinski definition) is 1. The summed E-state index contributed by atoms with van der Waals surface area (Å²) in [5.41, 5.74) is 1.15. The first-order valence-electron chi connectivity index (χ1n) is 4.02. The standard InChI is InChI=1S/C10H13FO/c1-6(2)8-5-4-7(3)10(12)9(8)11/h4-6,12H,1-3H3. The molecule has 0 saturated heterocycles. The number of benzene rings is 1. The third-order valence-electron chi connectivity index (χ3n) is 1.97. The molecule has 0 aliphatic carbocycles. The van der Waals surface area contributed by atoms with Crippen molar-refractivity contribution in [2.75, 3.05) is 0 Å². The second-order valence-electron chi connectivity index (χ2n) is 3.29. The molecule has 1 N–H and O–H groups in total. The lowest BCUT2D eigenvalue weighted by atomic mass is 10.0. The fraction of sp³-hybridized carbons (Fsp3) is 0.400. The molecule has 1 aromatic carbocycles. The third kappa shape index (κ3) is 1.42. The van der Waals surface area contributed by atoms with Gasteiger partial charge in [0, 0.05) is 0 Å². The molecule has 0 radical (unpaired) electrons. The number of aromatic hydroxyl groups is 1. The Bertz CT molecular complexity index is 292. The van der Waals surface area contributed by atoms with Crippen molar-refractivity contribution >= 4 is 0 Å². The summed E-state index contributed by atoms with van der Waals surface area (Å²) in [5.74, 6) is -0.595. The lowest BCUT2D eigenvalue weighted by Crippen LogP contribution is -1.94. The topological polar surface area (TPSA) is 20.2 Å². The highest BCUT2D eigenvalue weighted by Crippen LogP contribution is 2.27. The summed E-state index contributed by atoms with van der Waals surface area (Å²) in [4.78, 5) is 0. The highest BCUT2D eigenvalue weighted by atomic mass is 19.1. The number of hydrogen-bond donors (Lipinski definition) is 1. The molecule has 0 aliphatic rings. The van der Waals surface area contributed by atoms with Gasteiger partial charge in [0.2, 0.25) is 0 Å². The van der Waals surface area contributed by atoms with Crippen LogP contribution in [0.1, 0.15) is 30.9 Å². The van der Waals surface area contributed by atoms with Crippen LogP contribution in [0.2, 0.25) is 0 Å². The normalized spacial score (nSPS) is 10.8. The summed E-state index contributed by atoms with van der Waals surface area (Å²) in [6.45, 7) is 5.48. The van der Waals surface area contributed by atoms with Crippen molar-refractivity contribution in [3.8, 4) is 5.75 Å². The molecule has 12 heavy (non-hydrogen) atoms. The average Bonchev–Trinajstić information content (AvgIpc) is 2.00. The maximum atomic E-state index is 13.3. The minimum Gasteiger partial charge on any atom is -0.505 e. The molecule has 1 rings (SSSR count). The van der Waals surface area contributed by atoms with E-state index in [9.17, 15) is 9.50 Å². The van der Waals surface area contributed by atoms with E-state index in [1.807, 2.05) is 13.8 Å². The number of halogens is 1. The van der Waals surface area contributed by atoms with Gasteiger partial charge in [-0.15, -0.1) is 0 Å². The lowest BCUT2D eigenvalue weighted by molar-refractivity contribution is 0.423. The van der Waals surface area contributed by atoms with Gasteiger partial charge in [-0.3, -0.25) is 0 Å². The first kappa shape index (κ1) is 9.04. The van der Waals surface area contributed by atoms with Gasteiger partial charge in [0.15, 0.2) is 11.6 Å². The molecule has 0 spiro atoms. The van der Waals surface area contributed by atoms with Crippen LogP contribution < -0.4 is 0 Å². The molecule has 0 fully saturated rings. The van der Waals surface area contributed by atoms with Gasteiger partial charge in [-0.25, -0.2) is 4.39 Å². The van der Waals surface area contributed by atoms with E-state index in [1.54, 1.807) is 19.1 Å². The summed E-state index contributed by atoms with van der Waals surface area (Å²) < 4.78 is 13.3. The Kier molecular flexibility index (Phi) is 2.36. The smallest absolute Gasteiger partial charge is 0.168 e. The van der Waals surface area contributed by atoms with E-state index in [0.717, 1.165) is 0 Å². The average molecular weight is 168 g/mol. The molecule has 0 saturated carbocycles.